The van der Waals surface area contributed by atoms with E-state index in [9.17, 15) is 21.2 Å². The topological polar surface area (TPSA) is 83.5 Å². The quantitative estimate of drug-likeness (QED) is 0.642. The summed E-state index contributed by atoms with van der Waals surface area (Å²) >= 11 is 0. The Bertz CT molecular complexity index is 1120. The Labute approximate surface area is 183 Å². The molecule has 2 aromatic carbocycles. The maximum Gasteiger partial charge on any atom is 0.243 e. The first-order chi connectivity index (χ1) is 14.8. The van der Waals surface area contributed by atoms with E-state index in [2.05, 4.69) is 4.72 Å². The molecule has 1 N–H and O–H groups in total. The van der Waals surface area contributed by atoms with Gasteiger partial charge in [0, 0.05) is 24.2 Å². The Balaban J connectivity index is 1.54. The molecule has 168 valence electrons. The lowest BCUT2D eigenvalue weighted by Crippen LogP contribution is -2.36. The highest BCUT2D eigenvalue weighted by atomic mass is 32.2. The van der Waals surface area contributed by atoms with Crippen molar-refractivity contribution in [2.24, 2.45) is 0 Å². The molecule has 0 heterocycles. The van der Waals surface area contributed by atoms with Crippen molar-refractivity contribution in [1.29, 1.82) is 0 Å². The van der Waals surface area contributed by atoms with Crippen LogP contribution in [0.1, 0.15) is 50.5 Å². The third kappa shape index (κ3) is 5.16. The number of halogens is 1. The molecule has 2 aliphatic rings. The number of sulfonamides is 2. The molecule has 2 aliphatic carbocycles. The van der Waals surface area contributed by atoms with Crippen LogP contribution in [0.2, 0.25) is 0 Å². The zero-order chi connectivity index (χ0) is 22.1. The Morgan fingerprint density at radius 1 is 0.839 bits per heavy atom. The lowest BCUT2D eigenvalue weighted by Gasteiger charge is -2.23. The van der Waals surface area contributed by atoms with Gasteiger partial charge in [0.05, 0.1) is 9.79 Å². The van der Waals surface area contributed by atoms with E-state index in [0.717, 1.165) is 44.9 Å². The SMILES string of the molecule is O=S(=O)(NC1CCCCC1)c1ccc(S(=O)(=O)N(Cc2ccccc2F)C2CC2)cc1. The van der Waals surface area contributed by atoms with Gasteiger partial charge in [-0.1, -0.05) is 37.5 Å². The van der Waals surface area contributed by atoms with E-state index in [1.807, 2.05) is 0 Å². The predicted octanol–water partition coefficient (Wildman–Crippen LogP) is 3.79. The minimum atomic E-state index is -3.89. The van der Waals surface area contributed by atoms with Crippen molar-refractivity contribution in [3.63, 3.8) is 0 Å². The Morgan fingerprint density at radius 3 is 2.06 bits per heavy atom. The fraction of sp³-hybridized carbons (Fsp3) is 0.455. The summed E-state index contributed by atoms with van der Waals surface area (Å²) in [6.45, 7) is -0.0526. The van der Waals surface area contributed by atoms with Crippen LogP contribution in [0.25, 0.3) is 0 Å². The van der Waals surface area contributed by atoms with Crippen LogP contribution in [0, 0.1) is 5.82 Å². The molecule has 31 heavy (non-hydrogen) atoms. The van der Waals surface area contributed by atoms with Crippen molar-refractivity contribution in [3.05, 3.63) is 59.9 Å². The van der Waals surface area contributed by atoms with E-state index < -0.39 is 25.9 Å². The number of hydrogen-bond acceptors (Lipinski definition) is 4. The second-order valence-electron chi connectivity index (χ2n) is 8.30. The van der Waals surface area contributed by atoms with E-state index in [1.165, 1.54) is 34.6 Å². The van der Waals surface area contributed by atoms with Crippen LogP contribution >= 0.6 is 0 Å². The Morgan fingerprint density at radius 2 is 1.45 bits per heavy atom. The molecular formula is C22H27FN2O4S2. The van der Waals surface area contributed by atoms with Gasteiger partial charge in [0.2, 0.25) is 20.0 Å². The first kappa shape index (κ1) is 22.4. The Hall–Kier alpha value is -1.81. The first-order valence-corrected chi connectivity index (χ1v) is 13.6. The summed E-state index contributed by atoms with van der Waals surface area (Å²) < 4.78 is 70.0. The summed E-state index contributed by atoms with van der Waals surface area (Å²) in [6.07, 6.45) is 6.22. The van der Waals surface area contributed by atoms with Crippen LogP contribution in [-0.2, 0) is 26.6 Å². The van der Waals surface area contributed by atoms with E-state index in [4.69, 9.17) is 0 Å². The molecule has 2 fully saturated rings. The van der Waals surface area contributed by atoms with Crippen LogP contribution < -0.4 is 4.72 Å². The Kier molecular flexibility index (Phi) is 6.48. The molecule has 0 bridgehead atoms. The van der Waals surface area contributed by atoms with Crippen molar-refractivity contribution in [1.82, 2.24) is 9.03 Å². The average molecular weight is 467 g/mol. The van der Waals surface area contributed by atoms with Crippen LogP contribution in [0.3, 0.4) is 0 Å². The van der Waals surface area contributed by atoms with Gasteiger partial charge in [-0.25, -0.2) is 25.9 Å². The van der Waals surface area contributed by atoms with Gasteiger partial charge >= 0.3 is 0 Å². The molecule has 0 spiro atoms. The predicted molar refractivity (Wildman–Crippen MR) is 116 cm³/mol. The molecule has 4 rings (SSSR count). The van der Waals surface area contributed by atoms with Gasteiger partial charge in [0.15, 0.2) is 0 Å². The summed E-state index contributed by atoms with van der Waals surface area (Å²) in [5.41, 5.74) is 0.314. The molecule has 0 atom stereocenters. The lowest BCUT2D eigenvalue weighted by molar-refractivity contribution is 0.391. The smallest absolute Gasteiger partial charge is 0.208 e. The maximum absolute atomic E-state index is 14.1. The minimum absolute atomic E-state index is 0.00681. The zero-order valence-electron chi connectivity index (χ0n) is 17.2. The third-order valence-corrected chi connectivity index (χ3v) is 9.35. The molecule has 2 saturated carbocycles. The zero-order valence-corrected chi connectivity index (χ0v) is 18.8. The molecule has 0 aromatic heterocycles. The van der Waals surface area contributed by atoms with Gasteiger partial charge in [-0.3, -0.25) is 0 Å². The fourth-order valence-corrected chi connectivity index (χ4v) is 6.97. The maximum atomic E-state index is 14.1. The number of hydrogen-bond donors (Lipinski definition) is 1. The number of benzene rings is 2. The summed E-state index contributed by atoms with van der Waals surface area (Å²) in [6, 6.07) is 11.2. The second kappa shape index (κ2) is 8.97. The highest BCUT2D eigenvalue weighted by molar-refractivity contribution is 7.89. The average Bonchev–Trinajstić information content (AvgIpc) is 3.58. The fourth-order valence-electron chi connectivity index (χ4n) is 4.00. The first-order valence-electron chi connectivity index (χ1n) is 10.6. The van der Waals surface area contributed by atoms with Crippen LogP contribution in [0.15, 0.2) is 58.3 Å². The molecule has 0 unspecified atom stereocenters. The molecule has 2 aromatic rings. The van der Waals surface area contributed by atoms with Crippen molar-refractivity contribution >= 4 is 20.0 Å². The van der Waals surface area contributed by atoms with E-state index in [0.29, 0.717) is 5.56 Å². The lowest BCUT2D eigenvalue weighted by atomic mass is 9.96. The van der Waals surface area contributed by atoms with Crippen LogP contribution in [0.4, 0.5) is 4.39 Å². The highest BCUT2D eigenvalue weighted by Gasteiger charge is 2.38. The summed E-state index contributed by atoms with van der Waals surface area (Å²) in [5.74, 6) is -0.446. The van der Waals surface area contributed by atoms with Crippen LogP contribution in [-0.4, -0.2) is 33.2 Å². The number of nitrogens with zero attached hydrogens (tertiary/aromatic N) is 1. The van der Waals surface area contributed by atoms with E-state index in [-0.39, 0.29) is 28.4 Å². The molecule has 6 nitrogen and oxygen atoms in total. The van der Waals surface area contributed by atoms with Gasteiger partial charge in [0.1, 0.15) is 5.82 Å². The third-order valence-electron chi connectivity index (χ3n) is 5.91. The van der Waals surface area contributed by atoms with Gasteiger partial charge < -0.3 is 0 Å². The van der Waals surface area contributed by atoms with Crippen LogP contribution in [0.5, 0.6) is 0 Å². The molecular weight excluding hydrogens is 439 g/mol. The molecule has 0 amide bonds. The monoisotopic (exact) mass is 466 g/mol. The number of rotatable bonds is 8. The summed E-state index contributed by atoms with van der Waals surface area (Å²) in [4.78, 5) is 0.0523. The summed E-state index contributed by atoms with van der Waals surface area (Å²) in [7, 11) is -7.60. The number of nitrogens with one attached hydrogen (secondary N) is 1. The minimum Gasteiger partial charge on any atom is -0.208 e. The molecule has 0 saturated heterocycles. The van der Waals surface area contributed by atoms with Crippen molar-refractivity contribution < 1.29 is 21.2 Å². The van der Waals surface area contributed by atoms with E-state index >= 15 is 0 Å². The van der Waals surface area contributed by atoms with Crippen molar-refractivity contribution in [2.45, 2.75) is 73.4 Å². The van der Waals surface area contributed by atoms with E-state index in [1.54, 1.807) is 18.2 Å². The largest absolute Gasteiger partial charge is 0.243 e. The molecule has 0 radical (unpaired) electrons. The normalized spacial score (nSPS) is 18.4. The van der Waals surface area contributed by atoms with Gasteiger partial charge in [-0.05, 0) is 56.0 Å². The second-order valence-corrected chi connectivity index (χ2v) is 11.9. The van der Waals surface area contributed by atoms with Gasteiger partial charge in [-0.2, -0.15) is 4.31 Å². The summed E-state index contributed by atoms with van der Waals surface area (Å²) in [5, 5.41) is 0. The van der Waals surface area contributed by atoms with Gasteiger partial charge in [-0.15, -0.1) is 0 Å². The van der Waals surface area contributed by atoms with Gasteiger partial charge in [0.25, 0.3) is 0 Å². The van der Waals surface area contributed by atoms with Crippen molar-refractivity contribution in [3.8, 4) is 0 Å². The molecule has 9 heteroatoms. The van der Waals surface area contributed by atoms with Crippen molar-refractivity contribution in [2.75, 3.05) is 0 Å². The molecule has 0 aliphatic heterocycles. The standard InChI is InChI=1S/C22H27FN2O4S2/c23-22-9-5-4-6-17(22)16-25(19-10-11-19)31(28,29)21-14-12-20(13-15-21)30(26,27)24-18-7-2-1-3-8-18/h4-6,9,12-15,18-19,24H,1-3,7-8,10-11,16H2. The highest BCUT2D eigenvalue weighted by Crippen LogP contribution is 2.34.